The van der Waals surface area contributed by atoms with Crippen LogP contribution in [0.5, 0.6) is 0 Å². The summed E-state index contributed by atoms with van der Waals surface area (Å²) in [4.78, 5) is 2.11. The van der Waals surface area contributed by atoms with E-state index in [1.54, 1.807) is 7.11 Å². The third kappa shape index (κ3) is 4.48. The molecule has 2 rings (SSSR count). The number of rotatable bonds is 6. The smallest absolute Gasteiger partial charge is 0.0713 e. The van der Waals surface area contributed by atoms with E-state index in [1.807, 2.05) is 14.1 Å². The van der Waals surface area contributed by atoms with E-state index in [0.717, 1.165) is 16.7 Å². The van der Waals surface area contributed by atoms with Crippen molar-refractivity contribution in [2.75, 3.05) is 31.4 Å². The first-order chi connectivity index (χ1) is 10.1. The standard InChI is InChI=1S/C17H21BrN2O/c1-20(2)17-8-7-15(18)10-16(17)19-11-13-5-4-6-14(9-13)12-21-3/h4-10,19H,11-12H2,1-3H3. The van der Waals surface area contributed by atoms with Gasteiger partial charge in [0.25, 0.3) is 0 Å². The summed E-state index contributed by atoms with van der Waals surface area (Å²) in [5, 5.41) is 3.51. The van der Waals surface area contributed by atoms with Crippen LogP contribution >= 0.6 is 15.9 Å². The van der Waals surface area contributed by atoms with Gasteiger partial charge in [-0.05, 0) is 29.3 Å². The van der Waals surface area contributed by atoms with Crippen molar-refractivity contribution in [2.24, 2.45) is 0 Å². The summed E-state index contributed by atoms with van der Waals surface area (Å²) < 4.78 is 6.25. The number of benzene rings is 2. The summed E-state index contributed by atoms with van der Waals surface area (Å²) >= 11 is 3.53. The lowest BCUT2D eigenvalue weighted by molar-refractivity contribution is 0.185. The highest BCUT2D eigenvalue weighted by Gasteiger charge is 2.05. The Morgan fingerprint density at radius 1 is 1.10 bits per heavy atom. The van der Waals surface area contributed by atoms with Gasteiger partial charge in [0.15, 0.2) is 0 Å². The summed E-state index contributed by atoms with van der Waals surface area (Å²) in [6.45, 7) is 1.43. The third-order valence-corrected chi connectivity index (χ3v) is 3.72. The Morgan fingerprint density at radius 3 is 2.57 bits per heavy atom. The molecule has 0 heterocycles. The molecule has 0 bridgehead atoms. The van der Waals surface area contributed by atoms with E-state index in [2.05, 4.69) is 68.6 Å². The average molecular weight is 349 g/mol. The number of halogens is 1. The molecule has 2 aromatic carbocycles. The van der Waals surface area contributed by atoms with Crippen molar-refractivity contribution in [3.05, 3.63) is 58.1 Å². The molecule has 0 saturated carbocycles. The summed E-state index contributed by atoms with van der Waals surface area (Å²) in [6.07, 6.45) is 0. The highest BCUT2D eigenvalue weighted by Crippen LogP contribution is 2.28. The number of hydrogen-bond donors (Lipinski definition) is 1. The van der Waals surface area contributed by atoms with Crippen molar-refractivity contribution in [1.29, 1.82) is 0 Å². The molecule has 4 heteroatoms. The van der Waals surface area contributed by atoms with Crippen molar-refractivity contribution >= 4 is 27.3 Å². The number of nitrogens with one attached hydrogen (secondary N) is 1. The molecule has 0 atom stereocenters. The van der Waals surface area contributed by atoms with Gasteiger partial charge in [-0.15, -0.1) is 0 Å². The molecule has 0 aliphatic rings. The zero-order valence-electron chi connectivity index (χ0n) is 12.7. The highest BCUT2D eigenvalue weighted by molar-refractivity contribution is 9.10. The Hall–Kier alpha value is -1.52. The number of anilines is 2. The number of ether oxygens (including phenoxy) is 1. The second kappa shape index (κ2) is 7.48. The average Bonchev–Trinajstić information content (AvgIpc) is 2.45. The maximum absolute atomic E-state index is 5.18. The predicted molar refractivity (Wildman–Crippen MR) is 93.0 cm³/mol. The Labute approximate surface area is 135 Å². The van der Waals surface area contributed by atoms with Crippen LogP contribution in [0, 0.1) is 0 Å². The van der Waals surface area contributed by atoms with Crippen LogP contribution in [-0.2, 0) is 17.9 Å². The Morgan fingerprint density at radius 2 is 1.86 bits per heavy atom. The first-order valence-corrected chi connectivity index (χ1v) is 7.67. The quantitative estimate of drug-likeness (QED) is 0.843. The van der Waals surface area contributed by atoms with Gasteiger partial charge in [-0.2, -0.15) is 0 Å². The van der Waals surface area contributed by atoms with Gasteiger partial charge in [-0.1, -0.05) is 40.2 Å². The molecule has 2 aromatic rings. The minimum Gasteiger partial charge on any atom is -0.380 e. The lowest BCUT2D eigenvalue weighted by atomic mass is 10.1. The minimum absolute atomic E-state index is 0.647. The zero-order chi connectivity index (χ0) is 15.2. The van der Waals surface area contributed by atoms with Gasteiger partial charge < -0.3 is 15.0 Å². The van der Waals surface area contributed by atoms with Crippen LogP contribution < -0.4 is 10.2 Å². The molecule has 0 spiro atoms. The predicted octanol–water partition coefficient (Wildman–Crippen LogP) is 4.27. The van der Waals surface area contributed by atoms with Crippen LogP contribution in [0.1, 0.15) is 11.1 Å². The molecule has 21 heavy (non-hydrogen) atoms. The fourth-order valence-corrected chi connectivity index (χ4v) is 2.59. The summed E-state index contributed by atoms with van der Waals surface area (Å²) in [6, 6.07) is 14.7. The second-order valence-corrected chi connectivity index (χ2v) is 6.08. The van der Waals surface area contributed by atoms with Crippen molar-refractivity contribution in [2.45, 2.75) is 13.2 Å². The SMILES string of the molecule is COCc1cccc(CNc2cc(Br)ccc2N(C)C)c1. The number of hydrogen-bond acceptors (Lipinski definition) is 3. The van der Waals surface area contributed by atoms with Crippen molar-refractivity contribution < 1.29 is 4.74 Å². The highest BCUT2D eigenvalue weighted by atomic mass is 79.9. The molecule has 1 N–H and O–H groups in total. The summed E-state index contributed by atoms with van der Waals surface area (Å²) in [5.41, 5.74) is 4.73. The maximum atomic E-state index is 5.18. The molecule has 0 unspecified atom stereocenters. The topological polar surface area (TPSA) is 24.5 Å². The molecule has 0 saturated heterocycles. The Bertz CT molecular complexity index is 599. The van der Waals surface area contributed by atoms with E-state index in [-0.39, 0.29) is 0 Å². The molecule has 0 radical (unpaired) electrons. The van der Waals surface area contributed by atoms with Gasteiger partial charge in [0, 0.05) is 32.2 Å². The van der Waals surface area contributed by atoms with E-state index in [9.17, 15) is 0 Å². The number of nitrogens with zero attached hydrogens (tertiary/aromatic N) is 1. The third-order valence-electron chi connectivity index (χ3n) is 3.23. The lowest BCUT2D eigenvalue weighted by Gasteiger charge is -2.19. The molecular weight excluding hydrogens is 328 g/mol. The van der Waals surface area contributed by atoms with Crippen LogP contribution in [0.4, 0.5) is 11.4 Å². The molecular formula is C17H21BrN2O. The van der Waals surface area contributed by atoms with E-state index < -0.39 is 0 Å². The Kier molecular flexibility index (Phi) is 5.65. The van der Waals surface area contributed by atoms with Gasteiger partial charge in [-0.3, -0.25) is 0 Å². The van der Waals surface area contributed by atoms with Crippen molar-refractivity contribution in [1.82, 2.24) is 0 Å². The zero-order valence-corrected chi connectivity index (χ0v) is 14.3. The van der Waals surface area contributed by atoms with Gasteiger partial charge in [-0.25, -0.2) is 0 Å². The van der Waals surface area contributed by atoms with Gasteiger partial charge in [0.05, 0.1) is 18.0 Å². The molecule has 0 aliphatic carbocycles. The largest absolute Gasteiger partial charge is 0.380 e. The van der Waals surface area contributed by atoms with E-state index >= 15 is 0 Å². The molecule has 0 fully saturated rings. The van der Waals surface area contributed by atoms with Crippen molar-refractivity contribution in [3.8, 4) is 0 Å². The molecule has 112 valence electrons. The second-order valence-electron chi connectivity index (χ2n) is 5.16. The van der Waals surface area contributed by atoms with Crippen LogP contribution in [0.3, 0.4) is 0 Å². The lowest BCUT2D eigenvalue weighted by Crippen LogP contribution is -2.12. The van der Waals surface area contributed by atoms with Crippen LogP contribution in [0.25, 0.3) is 0 Å². The molecule has 0 aliphatic heterocycles. The summed E-state index contributed by atoms with van der Waals surface area (Å²) in [7, 11) is 5.82. The molecule has 0 aromatic heterocycles. The minimum atomic E-state index is 0.647. The molecule has 0 amide bonds. The van der Waals surface area contributed by atoms with Gasteiger partial charge in [0.1, 0.15) is 0 Å². The normalized spacial score (nSPS) is 10.5. The first-order valence-electron chi connectivity index (χ1n) is 6.87. The van der Waals surface area contributed by atoms with Gasteiger partial charge in [0.2, 0.25) is 0 Å². The van der Waals surface area contributed by atoms with E-state index in [0.29, 0.717) is 6.61 Å². The van der Waals surface area contributed by atoms with Crippen LogP contribution in [-0.4, -0.2) is 21.2 Å². The van der Waals surface area contributed by atoms with Crippen molar-refractivity contribution in [3.63, 3.8) is 0 Å². The van der Waals surface area contributed by atoms with E-state index in [1.165, 1.54) is 16.8 Å². The van der Waals surface area contributed by atoms with Crippen LogP contribution in [0.2, 0.25) is 0 Å². The number of methoxy groups -OCH3 is 1. The summed E-state index contributed by atoms with van der Waals surface area (Å²) in [5.74, 6) is 0. The van der Waals surface area contributed by atoms with Gasteiger partial charge >= 0.3 is 0 Å². The Balaban J connectivity index is 2.12. The fraction of sp³-hybridized carbons (Fsp3) is 0.294. The monoisotopic (exact) mass is 348 g/mol. The first kappa shape index (κ1) is 15.9. The molecule has 3 nitrogen and oxygen atoms in total. The maximum Gasteiger partial charge on any atom is 0.0713 e. The van der Waals surface area contributed by atoms with E-state index in [4.69, 9.17) is 4.74 Å². The van der Waals surface area contributed by atoms with Crippen LogP contribution in [0.15, 0.2) is 46.9 Å². The fourth-order valence-electron chi connectivity index (χ4n) is 2.23.